The maximum absolute atomic E-state index is 10.7. The number of aliphatic hydroxyl groups excluding tert-OH is 2. The van der Waals surface area contributed by atoms with Gasteiger partial charge in [0.1, 0.15) is 12.4 Å². The molecule has 0 aliphatic carbocycles. The maximum atomic E-state index is 10.7. The quantitative estimate of drug-likeness (QED) is 0.639. The van der Waals surface area contributed by atoms with Gasteiger partial charge in [-0.15, -0.1) is 0 Å². The molecule has 16 heavy (non-hydrogen) atoms. The molecular weight excluding hydrogens is 212 g/mol. The Balaban J connectivity index is 3.12. The van der Waals surface area contributed by atoms with Crippen molar-refractivity contribution in [3.05, 3.63) is 34.9 Å². The van der Waals surface area contributed by atoms with E-state index in [9.17, 15) is 19.8 Å². The summed E-state index contributed by atoms with van der Waals surface area (Å²) in [4.78, 5) is 21.2. The van der Waals surface area contributed by atoms with Crippen LogP contribution in [-0.4, -0.2) is 33.7 Å². The summed E-state index contributed by atoms with van der Waals surface area (Å²) in [7, 11) is 0. The van der Waals surface area contributed by atoms with Crippen molar-refractivity contribution >= 4 is 12.3 Å². The van der Waals surface area contributed by atoms with Gasteiger partial charge in [-0.25, -0.2) is 4.79 Å². The lowest BCUT2D eigenvalue weighted by atomic mass is 9.97. The fourth-order valence-corrected chi connectivity index (χ4v) is 1.37. The molecule has 1 aromatic carbocycles. The fourth-order valence-electron chi connectivity index (χ4n) is 1.37. The minimum atomic E-state index is -1.94. The molecule has 0 saturated carbocycles. The molecule has 0 amide bonds. The molecule has 86 valence electrons. The number of aldehydes is 1. The molecule has 0 aliphatic rings. The number of rotatable bonds is 4. The third-order valence-corrected chi connectivity index (χ3v) is 2.24. The normalized spacial score (nSPS) is 14.2. The molecule has 3 N–H and O–H groups in total. The molecule has 0 fully saturated rings. The number of hydrogen-bond acceptors (Lipinski definition) is 4. The number of carboxylic acid groups (broad SMARTS) is 1. The highest BCUT2D eigenvalue weighted by atomic mass is 16.4. The molecule has 0 aromatic heterocycles. The second kappa shape index (κ2) is 4.87. The lowest BCUT2D eigenvalue weighted by Gasteiger charge is -2.16. The molecule has 0 heterocycles. The van der Waals surface area contributed by atoms with Crippen molar-refractivity contribution in [1.29, 1.82) is 0 Å². The summed E-state index contributed by atoms with van der Waals surface area (Å²) < 4.78 is 0. The molecule has 0 radical (unpaired) electrons. The van der Waals surface area contributed by atoms with E-state index >= 15 is 0 Å². The predicted molar refractivity (Wildman–Crippen MR) is 55.2 cm³/mol. The summed E-state index contributed by atoms with van der Waals surface area (Å²) in [6, 6.07) is 4.57. The van der Waals surface area contributed by atoms with E-state index < -0.39 is 18.2 Å². The molecule has 1 aromatic rings. The number of carbonyl (C=O) groups excluding carboxylic acids is 1. The van der Waals surface area contributed by atoms with E-state index in [0.29, 0.717) is 6.29 Å². The van der Waals surface area contributed by atoms with Gasteiger partial charge in [0.15, 0.2) is 6.10 Å². The molecule has 0 aliphatic heterocycles. The summed E-state index contributed by atoms with van der Waals surface area (Å²) in [5, 5.41) is 27.3. The van der Waals surface area contributed by atoms with Crippen molar-refractivity contribution in [3.8, 4) is 0 Å². The Morgan fingerprint density at radius 2 is 2.00 bits per heavy atom. The Labute approximate surface area is 92.0 Å². The van der Waals surface area contributed by atoms with Crippen molar-refractivity contribution in [2.45, 2.75) is 19.1 Å². The van der Waals surface area contributed by atoms with E-state index in [1.54, 1.807) is 13.0 Å². The van der Waals surface area contributed by atoms with E-state index in [4.69, 9.17) is 5.11 Å². The van der Waals surface area contributed by atoms with Gasteiger partial charge in [0.2, 0.25) is 0 Å². The van der Waals surface area contributed by atoms with Gasteiger partial charge >= 0.3 is 5.97 Å². The Morgan fingerprint density at radius 3 is 2.50 bits per heavy atom. The smallest absolute Gasteiger partial charge is 0.335 e. The molecule has 2 unspecified atom stereocenters. The van der Waals surface area contributed by atoms with Gasteiger partial charge in [0.25, 0.3) is 0 Å². The topological polar surface area (TPSA) is 94.8 Å². The second-order valence-electron chi connectivity index (χ2n) is 3.48. The highest BCUT2D eigenvalue weighted by molar-refractivity contribution is 5.79. The average Bonchev–Trinajstić information content (AvgIpc) is 2.26. The number of aryl methyl sites for hydroxylation is 1. The van der Waals surface area contributed by atoms with Crippen LogP contribution < -0.4 is 0 Å². The van der Waals surface area contributed by atoms with Crippen LogP contribution >= 0.6 is 0 Å². The van der Waals surface area contributed by atoms with Crippen LogP contribution in [0, 0.1) is 6.92 Å². The number of aliphatic carboxylic acids is 1. The van der Waals surface area contributed by atoms with Crippen molar-refractivity contribution < 1.29 is 24.9 Å². The van der Waals surface area contributed by atoms with Crippen LogP contribution in [-0.2, 0) is 4.79 Å². The Bertz CT molecular complexity index is 413. The third kappa shape index (κ3) is 2.44. The van der Waals surface area contributed by atoms with E-state index in [2.05, 4.69) is 0 Å². The van der Waals surface area contributed by atoms with Gasteiger partial charge < -0.3 is 15.3 Å². The zero-order valence-corrected chi connectivity index (χ0v) is 8.62. The van der Waals surface area contributed by atoms with Gasteiger partial charge in [-0.2, -0.15) is 0 Å². The summed E-state index contributed by atoms with van der Waals surface area (Å²) in [6.07, 6.45) is -3.04. The average molecular weight is 224 g/mol. The summed E-state index contributed by atoms with van der Waals surface area (Å²) >= 11 is 0. The van der Waals surface area contributed by atoms with Gasteiger partial charge in [0.05, 0.1) is 0 Å². The minimum Gasteiger partial charge on any atom is -0.479 e. The summed E-state index contributed by atoms with van der Waals surface area (Å²) in [5.74, 6) is -1.54. The van der Waals surface area contributed by atoms with Crippen LogP contribution in [0.3, 0.4) is 0 Å². The zero-order valence-electron chi connectivity index (χ0n) is 8.62. The van der Waals surface area contributed by atoms with Crippen LogP contribution in [0.4, 0.5) is 0 Å². The van der Waals surface area contributed by atoms with Crippen molar-refractivity contribution in [2.24, 2.45) is 0 Å². The van der Waals surface area contributed by atoms with Gasteiger partial charge in [-0.3, -0.25) is 4.79 Å². The Morgan fingerprint density at radius 1 is 1.38 bits per heavy atom. The second-order valence-corrected chi connectivity index (χ2v) is 3.48. The number of carbonyl (C=O) groups is 2. The Kier molecular flexibility index (Phi) is 3.76. The van der Waals surface area contributed by atoms with Crippen LogP contribution in [0.1, 0.15) is 27.6 Å². The number of benzene rings is 1. The monoisotopic (exact) mass is 224 g/mol. The van der Waals surface area contributed by atoms with E-state index in [1.165, 1.54) is 12.1 Å². The number of aliphatic hydroxyl groups is 2. The highest BCUT2D eigenvalue weighted by Crippen LogP contribution is 2.21. The SMILES string of the molecule is Cc1ccc(C(O)C(O)C(=O)O)c(C=O)c1. The molecule has 0 bridgehead atoms. The molecule has 5 heteroatoms. The fraction of sp³-hybridized carbons (Fsp3) is 0.273. The molecule has 1 rings (SSSR count). The van der Waals surface area contributed by atoms with Crippen molar-refractivity contribution in [2.75, 3.05) is 0 Å². The molecule has 0 saturated heterocycles. The van der Waals surface area contributed by atoms with Crippen LogP contribution in [0.25, 0.3) is 0 Å². The van der Waals surface area contributed by atoms with E-state index in [0.717, 1.165) is 5.56 Å². The van der Waals surface area contributed by atoms with Gasteiger partial charge in [-0.05, 0) is 18.6 Å². The lowest BCUT2D eigenvalue weighted by molar-refractivity contribution is -0.153. The first-order valence-electron chi connectivity index (χ1n) is 4.62. The highest BCUT2D eigenvalue weighted by Gasteiger charge is 2.26. The standard InChI is InChI=1S/C11H12O5/c1-6-2-3-8(7(4-6)5-12)9(13)10(14)11(15)16/h2-5,9-10,13-14H,1H3,(H,15,16). The zero-order chi connectivity index (χ0) is 12.3. The lowest BCUT2D eigenvalue weighted by Crippen LogP contribution is -2.28. The molecule has 2 atom stereocenters. The molecular formula is C11H12O5. The van der Waals surface area contributed by atoms with Gasteiger partial charge in [-0.1, -0.05) is 17.7 Å². The van der Waals surface area contributed by atoms with Crippen LogP contribution in [0.2, 0.25) is 0 Å². The maximum Gasteiger partial charge on any atom is 0.335 e. The first-order valence-corrected chi connectivity index (χ1v) is 4.62. The van der Waals surface area contributed by atoms with E-state index in [-0.39, 0.29) is 11.1 Å². The van der Waals surface area contributed by atoms with Crippen LogP contribution in [0.15, 0.2) is 18.2 Å². The first-order chi connectivity index (χ1) is 7.47. The predicted octanol–water partition coefficient (Wildman–Crippen LogP) is 0.286. The summed E-state index contributed by atoms with van der Waals surface area (Å²) in [6.45, 7) is 1.76. The molecule has 5 nitrogen and oxygen atoms in total. The van der Waals surface area contributed by atoms with E-state index in [1.807, 2.05) is 0 Å². The number of hydrogen-bond donors (Lipinski definition) is 3. The summed E-state index contributed by atoms with van der Waals surface area (Å²) in [5.41, 5.74) is 1.09. The molecule has 0 spiro atoms. The van der Waals surface area contributed by atoms with Crippen LogP contribution in [0.5, 0.6) is 0 Å². The first kappa shape index (κ1) is 12.4. The van der Waals surface area contributed by atoms with Crippen molar-refractivity contribution in [3.63, 3.8) is 0 Å². The largest absolute Gasteiger partial charge is 0.479 e. The third-order valence-electron chi connectivity index (χ3n) is 2.24. The minimum absolute atomic E-state index is 0.107. The van der Waals surface area contributed by atoms with Gasteiger partial charge in [0, 0.05) is 5.56 Å². The Hall–Kier alpha value is -1.72. The van der Waals surface area contributed by atoms with Crippen molar-refractivity contribution in [1.82, 2.24) is 0 Å². The number of carboxylic acids is 1.